The van der Waals surface area contributed by atoms with Crippen molar-refractivity contribution in [3.8, 4) is 17.0 Å². The molecule has 1 aliphatic rings. The molecule has 1 aliphatic carbocycles. The second-order valence-electron chi connectivity index (χ2n) is 7.71. The van der Waals surface area contributed by atoms with Gasteiger partial charge in [0.2, 0.25) is 0 Å². The third kappa shape index (κ3) is 4.91. The van der Waals surface area contributed by atoms with Gasteiger partial charge in [0.1, 0.15) is 18.2 Å². The maximum Gasteiger partial charge on any atom is 0.148 e. The molecule has 1 N–H and O–H groups in total. The lowest BCUT2D eigenvalue weighted by atomic mass is 10.0. The molecule has 0 aliphatic heterocycles. The van der Waals surface area contributed by atoms with Crippen molar-refractivity contribution in [2.24, 2.45) is 0 Å². The van der Waals surface area contributed by atoms with Crippen LogP contribution in [0.2, 0.25) is 0 Å². The van der Waals surface area contributed by atoms with Crippen molar-refractivity contribution in [1.29, 1.82) is 0 Å². The van der Waals surface area contributed by atoms with Gasteiger partial charge in [0.05, 0.1) is 43.4 Å². The van der Waals surface area contributed by atoms with Crippen LogP contribution in [0.4, 0.5) is 10.2 Å². The van der Waals surface area contributed by atoms with Crippen molar-refractivity contribution in [2.75, 3.05) is 32.3 Å². The Kier molecular flexibility index (Phi) is 8.02. The number of aromatic nitrogens is 2. The Bertz CT molecular complexity index is 857. The van der Waals surface area contributed by atoms with Crippen molar-refractivity contribution >= 4 is 5.82 Å². The summed E-state index contributed by atoms with van der Waals surface area (Å²) < 4.78 is 23.5. The minimum absolute atomic E-state index is 0.0706. The summed E-state index contributed by atoms with van der Waals surface area (Å²) >= 11 is 0. The van der Waals surface area contributed by atoms with Crippen LogP contribution in [0.3, 0.4) is 0 Å². The van der Waals surface area contributed by atoms with Gasteiger partial charge < -0.3 is 14.8 Å². The number of alkyl halides is 1. The van der Waals surface area contributed by atoms with Crippen LogP contribution < -0.4 is 10.1 Å². The molecule has 30 heavy (non-hydrogen) atoms. The number of benzene rings is 1. The van der Waals surface area contributed by atoms with Crippen molar-refractivity contribution < 1.29 is 13.9 Å². The molecular formula is C24H34FN3O2. The quantitative estimate of drug-likeness (QED) is 0.527. The highest BCUT2D eigenvalue weighted by Gasteiger charge is 2.21. The van der Waals surface area contributed by atoms with Gasteiger partial charge >= 0.3 is 0 Å². The van der Waals surface area contributed by atoms with Crippen molar-refractivity contribution in [3.63, 3.8) is 0 Å². The van der Waals surface area contributed by atoms with Crippen LogP contribution in [0.15, 0.2) is 12.1 Å². The Morgan fingerprint density at radius 3 is 2.43 bits per heavy atom. The highest BCUT2D eigenvalue weighted by Crippen LogP contribution is 2.37. The van der Waals surface area contributed by atoms with E-state index in [1.807, 2.05) is 0 Å². The molecule has 5 nitrogen and oxygen atoms in total. The SMILES string of the molecule is CCc1nc(-c2cc3c(cc2OC)CCC3)c(CC)nc1NC(CC)COCCF. The van der Waals surface area contributed by atoms with E-state index in [2.05, 4.69) is 38.2 Å². The molecule has 6 heteroatoms. The number of anilines is 1. The van der Waals surface area contributed by atoms with Gasteiger partial charge in [-0.05, 0) is 61.8 Å². The van der Waals surface area contributed by atoms with Crippen LogP contribution in [-0.4, -0.2) is 43.0 Å². The number of fused-ring (bicyclic) bond motifs is 1. The molecule has 2 aromatic rings. The first-order valence-electron chi connectivity index (χ1n) is 11.1. The van der Waals surface area contributed by atoms with E-state index in [0.29, 0.717) is 6.61 Å². The Labute approximate surface area is 179 Å². The van der Waals surface area contributed by atoms with Gasteiger partial charge in [-0.2, -0.15) is 0 Å². The van der Waals surface area contributed by atoms with E-state index in [1.54, 1.807) is 7.11 Å². The van der Waals surface area contributed by atoms with Crippen LogP contribution in [0.5, 0.6) is 5.75 Å². The van der Waals surface area contributed by atoms with E-state index < -0.39 is 6.67 Å². The number of hydrogen-bond acceptors (Lipinski definition) is 5. The van der Waals surface area contributed by atoms with Crippen LogP contribution in [0, 0.1) is 0 Å². The minimum atomic E-state index is -0.465. The number of rotatable bonds is 11. The molecule has 0 saturated carbocycles. The number of nitrogens with zero attached hydrogens (tertiary/aromatic N) is 2. The highest BCUT2D eigenvalue weighted by molar-refractivity contribution is 5.72. The maximum atomic E-state index is 12.4. The highest BCUT2D eigenvalue weighted by atomic mass is 19.1. The second kappa shape index (κ2) is 10.7. The number of methoxy groups -OCH3 is 1. The number of hydrogen-bond donors (Lipinski definition) is 1. The first-order valence-corrected chi connectivity index (χ1v) is 11.1. The molecule has 1 aromatic carbocycles. The van der Waals surface area contributed by atoms with E-state index >= 15 is 0 Å². The summed E-state index contributed by atoms with van der Waals surface area (Å²) in [5, 5.41) is 3.48. The maximum absolute atomic E-state index is 12.4. The van der Waals surface area contributed by atoms with E-state index in [1.165, 1.54) is 17.5 Å². The van der Waals surface area contributed by atoms with Crippen LogP contribution >= 0.6 is 0 Å². The van der Waals surface area contributed by atoms with Gasteiger partial charge in [0, 0.05) is 5.56 Å². The van der Waals surface area contributed by atoms with Gasteiger partial charge in [-0.15, -0.1) is 0 Å². The summed E-state index contributed by atoms with van der Waals surface area (Å²) in [5.74, 6) is 1.67. The Morgan fingerprint density at radius 1 is 1.07 bits per heavy atom. The molecular weight excluding hydrogens is 381 g/mol. The molecule has 0 amide bonds. The third-order valence-electron chi connectivity index (χ3n) is 5.75. The summed E-state index contributed by atoms with van der Waals surface area (Å²) in [6, 6.07) is 4.49. The zero-order valence-corrected chi connectivity index (χ0v) is 18.7. The van der Waals surface area contributed by atoms with Crippen LogP contribution in [0.1, 0.15) is 56.1 Å². The molecule has 0 bridgehead atoms. The van der Waals surface area contributed by atoms with Gasteiger partial charge in [-0.3, -0.25) is 0 Å². The Hall–Kier alpha value is -2.21. The summed E-state index contributed by atoms with van der Waals surface area (Å²) in [6.45, 7) is 6.39. The lowest BCUT2D eigenvalue weighted by Gasteiger charge is -2.21. The molecule has 1 heterocycles. The number of ether oxygens (including phenoxy) is 2. The number of aryl methyl sites for hydroxylation is 4. The zero-order valence-electron chi connectivity index (χ0n) is 18.7. The monoisotopic (exact) mass is 415 g/mol. The summed E-state index contributed by atoms with van der Waals surface area (Å²) in [4.78, 5) is 10.0. The largest absolute Gasteiger partial charge is 0.496 e. The summed E-state index contributed by atoms with van der Waals surface area (Å²) in [5.41, 5.74) is 6.59. The first-order chi connectivity index (χ1) is 14.6. The summed E-state index contributed by atoms with van der Waals surface area (Å²) in [7, 11) is 1.72. The molecule has 1 atom stereocenters. The van der Waals surface area contributed by atoms with Gasteiger partial charge in [0.25, 0.3) is 0 Å². The predicted molar refractivity (Wildman–Crippen MR) is 119 cm³/mol. The van der Waals surface area contributed by atoms with Crippen molar-refractivity contribution in [2.45, 2.75) is 65.3 Å². The van der Waals surface area contributed by atoms with Crippen LogP contribution in [0.25, 0.3) is 11.3 Å². The lowest BCUT2D eigenvalue weighted by molar-refractivity contribution is 0.110. The zero-order chi connectivity index (χ0) is 21.5. The van der Waals surface area contributed by atoms with Crippen LogP contribution in [-0.2, 0) is 30.4 Å². The number of nitrogens with one attached hydrogen (secondary N) is 1. The van der Waals surface area contributed by atoms with Crippen molar-refractivity contribution in [3.05, 3.63) is 34.6 Å². The van der Waals surface area contributed by atoms with Gasteiger partial charge in [0.15, 0.2) is 0 Å². The Morgan fingerprint density at radius 2 is 1.80 bits per heavy atom. The fourth-order valence-electron chi connectivity index (χ4n) is 4.02. The molecule has 1 unspecified atom stereocenters. The molecule has 1 aromatic heterocycles. The molecule has 0 radical (unpaired) electrons. The predicted octanol–water partition coefficient (Wildman–Crippen LogP) is 4.94. The first kappa shape index (κ1) is 22.5. The fourth-order valence-corrected chi connectivity index (χ4v) is 4.02. The molecule has 0 saturated heterocycles. The average Bonchev–Trinajstić information content (AvgIpc) is 3.24. The smallest absolute Gasteiger partial charge is 0.148 e. The van der Waals surface area contributed by atoms with E-state index in [9.17, 15) is 4.39 Å². The van der Waals surface area contributed by atoms with E-state index in [4.69, 9.17) is 19.4 Å². The molecule has 0 fully saturated rings. The summed E-state index contributed by atoms with van der Waals surface area (Å²) in [6.07, 6.45) is 5.82. The van der Waals surface area contributed by atoms with Gasteiger partial charge in [-0.25, -0.2) is 14.4 Å². The number of halogens is 1. The molecule has 164 valence electrons. The standard InChI is InChI=1S/C24H34FN3O2/c1-5-18(15-30-12-11-25)26-24-21(7-3)27-23(20(6-2)28-24)19-13-16-9-8-10-17(16)14-22(19)29-4/h13-14,18H,5-12,15H2,1-4H3,(H,26,28). The minimum Gasteiger partial charge on any atom is -0.496 e. The Balaban J connectivity index is 1.98. The lowest BCUT2D eigenvalue weighted by Crippen LogP contribution is -2.27. The van der Waals surface area contributed by atoms with E-state index in [-0.39, 0.29) is 12.6 Å². The second-order valence-corrected chi connectivity index (χ2v) is 7.71. The molecule has 0 spiro atoms. The normalized spacial score (nSPS) is 13.9. The fraction of sp³-hybridized carbons (Fsp3) is 0.583. The van der Waals surface area contributed by atoms with E-state index in [0.717, 1.165) is 66.3 Å². The van der Waals surface area contributed by atoms with Gasteiger partial charge in [-0.1, -0.05) is 20.8 Å². The third-order valence-corrected chi connectivity index (χ3v) is 5.75. The topological polar surface area (TPSA) is 56.3 Å². The van der Waals surface area contributed by atoms with Crippen molar-refractivity contribution in [1.82, 2.24) is 9.97 Å². The average molecular weight is 416 g/mol. The molecule has 3 rings (SSSR count).